The number of rotatable bonds is 3. The Morgan fingerprint density at radius 2 is 2.05 bits per heavy atom. The molecule has 3 heterocycles. The van der Waals surface area contributed by atoms with Crippen molar-refractivity contribution in [1.29, 1.82) is 0 Å². The van der Waals surface area contributed by atoms with Gasteiger partial charge in [0.15, 0.2) is 0 Å². The number of hydrogen-bond acceptors (Lipinski definition) is 4. The number of fused-ring (bicyclic) bond motifs is 3. The number of piperidine rings is 1. The highest BCUT2D eigenvalue weighted by Crippen LogP contribution is 2.41. The van der Waals surface area contributed by atoms with Crippen molar-refractivity contribution in [3.63, 3.8) is 0 Å². The van der Waals surface area contributed by atoms with Gasteiger partial charge in [0.25, 0.3) is 0 Å². The fourth-order valence-corrected chi connectivity index (χ4v) is 4.49. The minimum Gasteiger partial charge on any atom is -0.508 e. The summed E-state index contributed by atoms with van der Waals surface area (Å²) >= 11 is 0. The Hall–Kier alpha value is -1.26. The maximum Gasteiger partial charge on any atom is 0.127 e. The number of ether oxygens (including phenoxy) is 1. The molecule has 0 radical (unpaired) electrons. The highest BCUT2D eigenvalue weighted by molar-refractivity contribution is 5.44. The van der Waals surface area contributed by atoms with Crippen LogP contribution < -0.4 is 10.1 Å². The van der Waals surface area contributed by atoms with Gasteiger partial charge in [-0.1, -0.05) is 6.92 Å². The Balaban J connectivity index is 1.57. The average Bonchev–Trinajstić information content (AvgIpc) is 3.03. The Labute approximate surface area is 126 Å². The first kappa shape index (κ1) is 13.4. The molecule has 0 amide bonds. The van der Waals surface area contributed by atoms with Crippen molar-refractivity contribution >= 4 is 0 Å². The van der Waals surface area contributed by atoms with E-state index in [-0.39, 0.29) is 5.75 Å². The fourth-order valence-electron chi connectivity index (χ4n) is 4.49. The molecule has 0 aliphatic carbocycles. The summed E-state index contributed by atoms with van der Waals surface area (Å²) in [4.78, 5) is 2.62. The molecule has 2 N–H and O–H groups in total. The summed E-state index contributed by atoms with van der Waals surface area (Å²) in [7, 11) is 0. The Morgan fingerprint density at radius 3 is 2.76 bits per heavy atom. The molecule has 1 aromatic carbocycles. The first-order valence-corrected chi connectivity index (χ1v) is 8.22. The largest absolute Gasteiger partial charge is 0.508 e. The maximum atomic E-state index is 9.60. The molecular weight excluding hydrogens is 264 g/mol. The summed E-state index contributed by atoms with van der Waals surface area (Å²) in [6.07, 6.45) is 5.19. The number of nitrogens with zero attached hydrogens (tertiary/aromatic N) is 1. The molecule has 3 atom stereocenters. The molecule has 4 heteroatoms. The zero-order chi connectivity index (χ0) is 14.4. The van der Waals surface area contributed by atoms with Crippen LogP contribution in [0.25, 0.3) is 0 Å². The van der Waals surface area contributed by atoms with Gasteiger partial charge in [-0.25, -0.2) is 0 Å². The summed E-state index contributed by atoms with van der Waals surface area (Å²) in [6, 6.07) is 7.97. The summed E-state index contributed by atoms with van der Waals surface area (Å²) in [5, 5.41) is 13.3. The van der Waals surface area contributed by atoms with E-state index in [9.17, 15) is 5.11 Å². The normalized spacial score (nSPS) is 34.0. The van der Waals surface area contributed by atoms with Crippen molar-refractivity contribution in [1.82, 2.24) is 10.2 Å². The van der Waals surface area contributed by atoms with E-state index in [1.165, 1.54) is 31.2 Å². The van der Waals surface area contributed by atoms with Gasteiger partial charge < -0.3 is 15.2 Å². The van der Waals surface area contributed by atoms with Gasteiger partial charge in [0.2, 0.25) is 0 Å². The summed E-state index contributed by atoms with van der Waals surface area (Å²) in [5.41, 5.74) is 1.24. The second-order valence-electron chi connectivity index (χ2n) is 6.64. The van der Waals surface area contributed by atoms with Crippen molar-refractivity contribution in [3.8, 4) is 11.5 Å². The number of likely N-dealkylation sites (N-methyl/N-ethyl adjacent to an activating group) is 1. The average molecular weight is 288 g/mol. The lowest BCUT2D eigenvalue weighted by molar-refractivity contribution is 0.0854. The van der Waals surface area contributed by atoms with E-state index in [0.29, 0.717) is 30.8 Å². The number of aromatic hydroxyl groups is 1. The molecule has 0 saturated carbocycles. The highest BCUT2D eigenvalue weighted by atomic mass is 16.5. The second-order valence-corrected chi connectivity index (χ2v) is 6.64. The lowest BCUT2D eigenvalue weighted by Crippen LogP contribution is -2.49. The molecule has 114 valence electrons. The molecule has 1 aromatic rings. The molecule has 3 aliphatic heterocycles. The van der Waals surface area contributed by atoms with Crippen LogP contribution in [-0.2, 0) is 0 Å². The zero-order valence-corrected chi connectivity index (χ0v) is 12.6. The van der Waals surface area contributed by atoms with Crippen LogP contribution in [0.3, 0.4) is 0 Å². The van der Waals surface area contributed by atoms with E-state index < -0.39 is 0 Å². The Morgan fingerprint density at radius 1 is 1.29 bits per heavy atom. The standard InChI is InChI=1S/C17H24N2O2/c1-2-19(13-7-11-3-4-12(8-13)18-11)16-10-21-17-9-14(20)5-6-15(16)17/h5-6,9,11-13,16,18,20H,2-4,7-8,10H2,1H3. The van der Waals surface area contributed by atoms with Gasteiger partial charge in [-0.05, 0) is 44.4 Å². The van der Waals surface area contributed by atoms with Crippen LogP contribution in [0, 0.1) is 0 Å². The third-order valence-electron chi connectivity index (χ3n) is 5.44. The SMILES string of the molecule is CCN(C1CC2CCC(C1)N2)C1COc2cc(O)ccc21. The number of phenols is 1. The van der Waals surface area contributed by atoms with Crippen LogP contribution in [0.4, 0.5) is 0 Å². The minimum atomic E-state index is 0.289. The Kier molecular flexibility index (Phi) is 3.31. The number of nitrogens with one attached hydrogen (secondary N) is 1. The molecule has 3 unspecified atom stereocenters. The maximum absolute atomic E-state index is 9.60. The molecule has 21 heavy (non-hydrogen) atoms. The van der Waals surface area contributed by atoms with Gasteiger partial charge in [0.05, 0.1) is 6.04 Å². The number of benzene rings is 1. The molecule has 2 bridgehead atoms. The van der Waals surface area contributed by atoms with Crippen LogP contribution in [0.2, 0.25) is 0 Å². The summed E-state index contributed by atoms with van der Waals surface area (Å²) in [6.45, 7) is 4.02. The quantitative estimate of drug-likeness (QED) is 0.896. The van der Waals surface area contributed by atoms with Crippen molar-refractivity contribution in [2.24, 2.45) is 0 Å². The van der Waals surface area contributed by atoms with Crippen molar-refractivity contribution in [2.75, 3.05) is 13.2 Å². The van der Waals surface area contributed by atoms with E-state index >= 15 is 0 Å². The topological polar surface area (TPSA) is 44.7 Å². The molecular formula is C17H24N2O2. The lowest BCUT2D eigenvalue weighted by atomic mass is 9.95. The predicted octanol–water partition coefficient (Wildman–Crippen LogP) is 2.43. The fraction of sp³-hybridized carbons (Fsp3) is 0.647. The van der Waals surface area contributed by atoms with Crippen LogP contribution in [0.1, 0.15) is 44.2 Å². The predicted molar refractivity (Wildman–Crippen MR) is 81.7 cm³/mol. The molecule has 2 fully saturated rings. The van der Waals surface area contributed by atoms with Gasteiger partial charge in [-0.3, -0.25) is 4.90 Å². The first-order chi connectivity index (χ1) is 10.2. The number of phenolic OH excluding ortho intramolecular Hbond substituents is 1. The highest BCUT2D eigenvalue weighted by Gasteiger charge is 2.39. The third kappa shape index (κ3) is 2.30. The lowest BCUT2D eigenvalue weighted by Gasteiger charge is -2.40. The first-order valence-electron chi connectivity index (χ1n) is 8.22. The molecule has 2 saturated heterocycles. The molecule has 4 rings (SSSR count). The van der Waals surface area contributed by atoms with E-state index in [0.717, 1.165) is 12.3 Å². The molecule has 0 spiro atoms. The van der Waals surface area contributed by atoms with Gasteiger partial charge in [0, 0.05) is 29.8 Å². The van der Waals surface area contributed by atoms with Crippen molar-refractivity contribution < 1.29 is 9.84 Å². The van der Waals surface area contributed by atoms with Gasteiger partial charge in [-0.2, -0.15) is 0 Å². The van der Waals surface area contributed by atoms with E-state index in [1.807, 2.05) is 6.07 Å². The minimum absolute atomic E-state index is 0.289. The molecule has 4 nitrogen and oxygen atoms in total. The molecule has 0 aromatic heterocycles. The van der Waals surface area contributed by atoms with Crippen molar-refractivity contribution in [3.05, 3.63) is 23.8 Å². The molecule has 3 aliphatic rings. The van der Waals surface area contributed by atoms with Gasteiger partial charge >= 0.3 is 0 Å². The van der Waals surface area contributed by atoms with Crippen LogP contribution in [0.15, 0.2) is 18.2 Å². The third-order valence-corrected chi connectivity index (χ3v) is 5.44. The monoisotopic (exact) mass is 288 g/mol. The van der Waals surface area contributed by atoms with E-state index in [4.69, 9.17) is 4.74 Å². The van der Waals surface area contributed by atoms with Crippen molar-refractivity contribution in [2.45, 2.75) is 56.8 Å². The van der Waals surface area contributed by atoms with E-state index in [1.54, 1.807) is 12.1 Å². The second kappa shape index (κ2) is 5.18. The Bertz CT molecular complexity index is 522. The smallest absolute Gasteiger partial charge is 0.127 e. The van der Waals surface area contributed by atoms with Crippen LogP contribution in [-0.4, -0.2) is 41.3 Å². The summed E-state index contributed by atoms with van der Waals surface area (Å²) < 4.78 is 5.82. The van der Waals surface area contributed by atoms with Crippen LogP contribution in [0.5, 0.6) is 11.5 Å². The summed E-state index contributed by atoms with van der Waals surface area (Å²) in [5.74, 6) is 1.15. The van der Waals surface area contributed by atoms with Crippen LogP contribution >= 0.6 is 0 Å². The van der Waals surface area contributed by atoms with E-state index in [2.05, 4.69) is 17.1 Å². The van der Waals surface area contributed by atoms with Gasteiger partial charge in [0.1, 0.15) is 18.1 Å². The number of hydrogen-bond donors (Lipinski definition) is 2. The zero-order valence-electron chi connectivity index (χ0n) is 12.6. The van der Waals surface area contributed by atoms with Gasteiger partial charge in [-0.15, -0.1) is 0 Å².